The Balaban J connectivity index is 1.83. The van der Waals surface area contributed by atoms with Crippen LogP contribution in [0.1, 0.15) is 32.3 Å². The van der Waals surface area contributed by atoms with Crippen LogP contribution in [0.2, 0.25) is 0 Å². The molecule has 12 heteroatoms. The van der Waals surface area contributed by atoms with E-state index in [0.29, 0.717) is 43.3 Å². The molecule has 6 nitrogen and oxygen atoms in total. The Bertz CT molecular complexity index is 1350. The summed E-state index contributed by atoms with van der Waals surface area (Å²) in [5.41, 5.74) is -0.582. The highest BCUT2D eigenvalue weighted by Gasteiger charge is 2.36. The zero-order chi connectivity index (χ0) is 27.2. The quantitative estimate of drug-likeness (QED) is 0.234. The van der Waals surface area contributed by atoms with Gasteiger partial charge in [-0.3, -0.25) is 10.1 Å². The van der Waals surface area contributed by atoms with Crippen LogP contribution in [-0.4, -0.2) is 42.9 Å². The molecule has 0 bridgehead atoms. The summed E-state index contributed by atoms with van der Waals surface area (Å²) in [5, 5.41) is 3.96. The minimum atomic E-state index is -4.88. The number of hydrogen-bond donors (Lipinski definition) is 1. The molecule has 0 aliphatic heterocycles. The number of rotatable bonds is 10. The summed E-state index contributed by atoms with van der Waals surface area (Å²) in [6, 6.07) is 9.75. The molecule has 1 aromatic heterocycles. The molecule has 0 aliphatic carbocycles. The van der Waals surface area contributed by atoms with Crippen molar-refractivity contribution in [2.45, 2.75) is 37.8 Å². The SMILES string of the molecule is CCCN(CCC)S(=O)(=O)c1ccc(/C(=C/C(=O)Nc2nc(-c3ccc(F)cc3)cs2)C(F)(F)F)cc1. The molecule has 198 valence electrons. The van der Waals surface area contributed by atoms with E-state index >= 15 is 0 Å². The van der Waals surface area contributed by atoms with Gasteiger partial charge in [-0.2, -0.15) is 17.5 Å². The molecule has 3 rings (SSSR count). The van der Waals surface area contributed by atoms with Crippen LogP contribution in [0, 0.1) is 5.82 Å². The molecule has 0 radical (unpaired) electrons. The number of alkyl halides is 3. The van der Waals surface area contributed by atoms with Gasteiger partial charge in [0, 0.05) is 30.1 Å². The van der Waals surface area contributed by atoms with E-state index in [1.54, 1.807) is 5.38 Å². The maximum atomic E-state index is 13.8. The number of amides is 1. The van der Waals surface area contributed by atoms with Gasteiger partial charge in [0.25, 0.3) is 5.91 Å². The third-order valence-electron chi connectivity index (χ3n) is 5.20. The maximum absolute atomic E-state index is 13.8. The van der Waals surface area contributed by atoms with E-state index in [1.165, 1.54) is 28.6 Å². The van der Waals surface area contributed by atoms with Crippen LogP contribution < -0.4 is 5.32 Å². The fourth-order valence-electron chi connectivity index (χ4n) is 3.49. The molecule has 1 N–H and O–H groups in total. The van der Waals surface area contributed by atoms with Crippen molar-refractivity contribution in [1.29, 1.82) is 0 Å². The number of allylic oxidation sites excluding steroid dienone is 1. The van der Waals surface area contributed by atoms with E-state index in [1.807, 2.05) is 13.8 Å². The van der Waals surface area contributed by atoms with Gasteiger partial charge in [-0.25, -0.2) is 17.8 Å². The van der Waals surface area contributed by atoms with Crippen molar-refractivity contribution in [3.8, 4) is 11.3 Å². The molecular formula is C25H25F4N3O3S2. The molecule has 1 heterocycles. The van der Waals surface area contributed by atoms with Gasteiger partial charge in [0.1, 0.15) is 5.82 Å². The maximum Gasteiger partial charge on any atom is 0.417 e. The molecule has 1 amide bonds. The van der Waals surface area contributed by atoms with Crippen molar-refractivity contribution < 1.29 is 30.8 Å². The van der Waals surface area contributed by atoms with Gasteiger partial charge >= 0.3 is 6.18 Å². The van der Waals surface area contributed by atoms with Crippen LogP contribution >= 0.6 is 11.3 Å². The predicted molar refractivity (Wildman–Crippen MR) is 136 cm³/mol. The molecule has 0 atom stereocenters. The summed E-state index contributed by atoms with van der Waals surface area (Å²) in [6.07, 6.45) is -3.28. The minimum Gasteiger partial charge on any atom is -0.298 e. The van der Waals surface area contributed by atoms with Gasteiger partial charge in [0.2, 0.25) is 10.0 Å². The number of benzene rings is 2. The molecule has 2 aromatic carbocycles. The molecule has 3 aromatic rings. The van der Waals surface area contributed by atoms with Gasteiger partial charge in [0.05, 0.1) is 16.2 Å². The second kappa shape index (κ2) is 12.0. The fourth-order valence-corrected chi connectivity index (χ4v) is 5.84. The molecule has 0 saturated heterocycles. The number of halogens is 4. The van der Waals surface area contributed by atoms with E-state index < -0.39 is 33.5 Å². The Labute approximate surface area is 216 Å². The average molecular weight is 556 g/mol. The van der Waals surface area contributed by atoms with Crippen LogP contribution in [0.4, 0.5) is 22.7 Å². The first-order chi connectivity index (χ1) is 17.5. The van der Waals surface area contributed by atoms with Crippen molar-refractivity contribution in [1.82, 2.24) is 9.29 Å². The molecule has 0 aliphatic rings. The topological polar surface area (TPSA) is 79.4 Å². The van der Waals surface area contributed by atoms with Gasteiger partial charge in [-0.15, -0.1) is 11.3 Å². The third-order valence-corrected chi connectivity index (χ3v) is 7.87. The Hall–Kier alpha value is -3.09. The highest BCUT2D eigenvalue weighted by molar-refractivity contribution is 7.89. The van der Waals surface area contributed by atoms with Gasteiger partial charge in [0.15, 0.2) is 5.13 Å². The number of thiazole rings is 1. The number of hydrogen-bond acceptors (Lipinski definition) is 5. The summed E-state index contributed by atoms with van der Waals surface area (Å²) in [4.78, 5) is 16.5. The molecule has 0 unspecified atom stereocenters. The van der Waals surface area contributed by atoms with Crippen molar-refractivity contribution in [3.05, 3.63) is 71.4 Å². The van der Waals surface area contributed by atoms with Crippen LogP contribution in [0.5, 0.6) is 0 Å². The Morgan fingerprint density at radius 1 is 1.03 bits per heavy atom. The highest BCUT2D eigenvalue weighted by atomic mass is 32.2. The Kier molecular flexibility index (Phi) is 9.21. The van der Waals surface area contributed by atoms with E-state index in [9.17, 15) is 30.8 Å². The average Bonchev–Trinajstić information content (AvgIpc) is 3.30. The number of aromatic nitrogens is 1. The molecule has 0 spiro atoms. The first-order valence-corrected chi connectivity index (χ1v) is 13.7. The lowest BCUT2D eigenvalue weighted by molar-refractivity contribution is -0.112. The molecule has 37 heavy (non-hydrogen) atoms. The summed E-state index contributed by atoms with van der Waals surface area (Å²) in [6.45, 7) is 4.26. The second-order valence-electron chi connectivity index (χ2n) is 8.02. The lowest BCUT2D eigenvalue weighted by atomic mass is 10.1. The number of anilines is 1. The number of carbonyl (C=O) groups is 1. The second-order valence-corrected chi connectivity index (χ2v) is 10.8. The Morgan fingerprint density at radius 3 is 2.16 bits per heavy atom. The van der Waals surface area contributed by atoms with E-state index in [4.69, 9.17) is 0 Å². The number of nitrogens with one attached hydrogen (secondary N) is 1. The van der Waals surface area contributed by atoms with E-state index in [0.717, 1.165) is 35.6 Å². The van der Waals surface area contributed by atoms with Crippen molar-refractivity contribution in [2.24, 2.45) is 0 Å². The molecule has 0 saturated carbocycles. The zero-order valence-corrected chi connectivity index (χ0v) is 21.7. The normalized spacial score (nSPS) is 12.7. The summed E-state index contributed by atoms with van der Waals surface area (Å²) in [5.74, 6) is -1.48. The smallest absolute Gasteiger partial charge is 0.298 e. The van der Waals surface area contributed by atoms with Crippen molar-refractivity contribution >= 4 is 38.0 Å². The first kappa shape index (κ1) is 28.5. The zero-order valence-electron chi connectivity index (χ0n) is 20.0. The first-order valence-electron chi connectivity index (χ1n) is 11.4. The lowest BCUT2D eigenvalue weighted by Crippen LogP contribution is -2.32. The number of carbonyl (C=O) groups excluding carboxylic acids is 1. The molecule has 0 fully saturated rings. The molecular weight excluding hydrogens is 530 g/mol. The van der Waals surface area contributed by atoms with Crippen LogP contribution in [0.15, 0.2) is 64.9 Å². The number of nitrogens with zero attached hydrogens (tertiary/aromatic N) is 2. The van der Waals surface area contributed by atoms with Crippen LogP contribution in [-0.2, 0) is 14.8 Å². The summed E-state index contributed by atoms with van der Waals surface area (Å²) >= 11 is 1.00. The van der Waals surface area contributed by atoms with Crippen LogP contribution in [0.3, 0.4) is 0 Å². The van der Waals surface area contributed by atoms with Crippen molar-refractivity contribution in [3.63, 3.8) is 0 Å². The van der Waals surface area contributed by atoms with Crippen molar-refractivity contribution in [2.75, 3.05) is 18.4 Å². The lowest BCUT2D eigenvalue weighted by Gasteiger charge is -2.21. The van der Waals surface area contributed by atoms with Gasteiger partial charge in [-0.05, 0) is 54.8 Å². The third kappa shape index (κ3) is 7.24. The predicted octanol–water partition coefficient (Wildman–Crippen LogP) is 6.34. The monoisotopic (exact) mass is 555 g/mol. The fraction of sp³-hybridized carbons (Fsp3) is 0.280. The largest absolute Gasteiger partial charge is 0.417 e. The van der Waals surface area contributed by atoms with E-state index in [-0.39, 0.29) is 15.6 Å². The number of sulfonamides is 1. The van der Waals surface area contributed by atoms with Crippen LogP contribution in [0.25, 0.3) is 16.8 Å². The minimum absolute atomic E-state index is 0.0653. The standard InChI is InChI=1S/C25H25F4N3O3S2/c1-3-13-32(14-4-2)37(34,35)20-11-7-17(8-12-20)21(25(27,28)29)15-23(33)31-24-30-22(16-36-24)18-5-9-19(26)10-6-18/h5-12,15-16H,3-4,13-14H2,1-2H3,(H,30,31,33)/b21-15-. The highest BCUT2D eigenvalue weighted by Crippen LogP contribution is 2.35. The summed E-state index contributed by atoms with van der Waals surface area (Å²) in [7, 11) is -3.86. The van der Waals surface area contributed by atoms with Gasteiger partial charge < -0.3 is 0 Å². The van der Waals surface area contributed by atoms with E-state index in [2.05, 4.69) is 10.3 Å². The van der Waals surface area contributed by atoms with Gasteiger partial charge in [-0.1, -0.05) is 26.0 Å². The summed E-state index contributed by atoms with van der Waals surface area (Å²) < 4.78 is 81.6. The Morgan fingerprint density at radius 2 is 1.62 bits per heavy atom.